The number of anilines is 3. The number of nitrogens with zero attached hydrogens (tertiary/aromatic N) is 2. The third-order valence-electron chi connectivity index (χ3n) is 13.2. The Labute approximate surface area is 369 Å². The molecule has 300 valence electrons. The molecule has 0 bridgehead atoms. The first-order chi connectivity index (χ1) is 31.7. The SMILES string of the molecule is c1ccc(-c2ccc(N(c3cccc(C4(c5ccccc5)c5ccccc5-c5ccccc54)c3)c3cccc4c3oc3cc(-c5nc6ccccc6o5)c5ccccc5c34)cc2)cc1. The topological polar surface area (TPSA) is 42.4 Å². The van der Waals surface area contributed by atoms with Crippen molar-refractivity contribution in [1.29, 1.82) is 0 Å². The molecule has 0 saturated heterocycles. The average molecular weight is 819 g/mol. The molecule has 0 N–H and O–H groups in total. The van der Waals surface area contributed by atoms with E-state index in [-0.39, 0.29) is 0 Å². The second-order valence-corrected chi connectivity index (χ2v) is 16.6. The van der Waals surface area contributed by atoms with Gasteiger partial charge in [-0.15, -0.1) is 0 Å². The molecule has 1 aliphatic rings. The first-order valence-corrected chi connectivity index (χ1v) is 21.8. The summed E-state index contributed by atoms with van der Waals surface area (Å²) in [5, 5.41) is 4.23. The highest BCUT2D eigenvalue weighted by molar-refractivity contribution is 6.23. The predicted octanol–water partition coefficient (Wildman–Crippen LogP) is 16.0. The summed E-state index contributed by atoms with van der Waals surface area (Å²) in [4.78, 5) is 7.29. The highest BCUT2D eigenvalue weighted by atomic mass is 16.3. The van der Waals surface area contributed by atoms with E-state index in [9.17, 15) is 0 Å². The summed E-state index contributed by atoms with van der Waals surface area (Å²) in [6, 6.07) is 82.4. The highest BCUT2D eigenvalue weighted by Crippen LogP contribution is 2.57. The van der Waals surface area contributed by atoms with Gasteiger partial charge in [0.05, 0.1) is 11.1 Å². The van der Waals surface area contributed by atoms with Crippen LogP contribution in [0.15, 0.2) is 239 Å². The lowest BCUT2D eigenvalue weighted by atomic mass is 9.67. The Morgan fingerprint density at radius 2 is 1.00 bits per heavy atom. The van der Waals surface area contributed by atoms with Gasteiger partial charge in [-0.05, 0) is 104 Å². The van der Waals surface area contributed by atoms with Crippen LogP contribution in [0.3, 0.4) is 0 Å². The number of furan rings is 1. The molecule has 0 spiro atoms. The Morgan fingerprint density at radius 1 is 0.391 bits per heavy atom. The zero-order chi connectivity index (χ0) is 42.2. The van der Waals surface area contributed by atoms with Crippen molar-refractivity contribution in [1.82, 2.24) is 4.98 Å². The van der Waals surface area contributed by atoms with Gasteiger partial charge in [0, 0.05) is 27.7 Å². The Bertz CT molecular complexity index is 3660. The van der Waals surface area contributed by atoms with Crippen LogP contribution in [0.25, 0.3) is 77.5 Å². The lowest BCUT2D eigenvalue weighted by Gasteiger charge is -2.35. The number of rotatable bonds is 7. The molecule has 0 unspecified atom stereocenters. The molecular formula is C60H38N2O2. The van der Waals surface area contributed by atoms with Crippen molar-refractivity contribution in [3.63, 3.8) is 0 Å². The monoisotopic (exact) mass is 818 g/mol. The van der Waals surface area contributed by atoms with Crippen LogP contribution in [0, 0.1) is 0 Å². The van der Waals surface area contributed by atoms with Crippen LogP contribution in [-0.2, 0) is 5.41 Å². The molecule has 0 aliphatic heterocycles. The molecule has 0 amide bonds. The minimum Gasteiger partial charge on any atom is -0.454 e. The van der Waals surface area contributed by atoms with E-state index in [4.69, 9.17) is 13.8 Å². The van der Waals surface area contributed by atoms with Crippen molar-refractivity contribution in [3.05, 3.63) is 253 Å². The van der Waals surface area contributed by atoms with Crippen molar-refractivity contribution in [3.8, 4) is 33.7 Å². The molecule has 10 aromatic carbocycles. The minimum atomic E-state index is -0.557. The van der Waals surface area contributed by atoms with Gasteiger partial charge in [0.15, 0.2) is 11.2 Å². The summed E-state index contributed by atoms with van der Waals surface area (Å²) in [5.41, 5.74) is 16.3. The van der Waals surface area contributed by atoms with Crippen LogP contribution in [-0.4, -0.2) is 4.98 Å². The first kappa shape index (κ1) is 36.2. The van der Waals surface area contributed by atoms with E-state index in [0.29, 0.717) is 5.89 Å². The van der Waals surface area contributed by atoms with E-state index in [1.165, 1.54) is 38.9 Å². The summed E-state index contributed by atoms with van der Waals surface area (Å²) < 4.78 is 13.5. The van der Waals surface area contributed by atoms with E-state index >= 15 is 0 Å². The molecule has 0 saturated carbocycles. The van der Waals surface area contributed by atoms with Gasteiger partial charge in [0.25, 0.3) is 0 Å². The predicted molar refractivity (Wildman–Crippen MR) is 262 cm³/mol. The molecule has 2 heterocycles. The van der Waals surface area contributed by atoms with Gasteiger partial charge in [-0.3, -0.25) is 0 Å². The zero-order valence-corrected chi connectivity index (χ0v) is 34.7. The summed E-state index contributed by atoms with van der Waals surface area (Å²) in [6.07, 6.45) is 0. The molecule has 0 fully saturated rings. The largest absolute Gasteiger partial charge is 0.454 e. The summed E-state index contributed by atoms with van der Waals surface area (Å²) in [5.74, 6) is 0.569. The van der Waals surface area contributed by atoms with Crippen LogP contribution in [0.2, 0.25) is 0 Å². The van der Waals surface area contributed by atoms with E-state index in [1.807, 2.05) is 24.3 Å². The minimum absolute atomic E-state index is 0.557. The van der Waals surface area contributed by atoms with Gasteiger partial charge in [-0.25, -0.2) is 4.98 Å². The number of hydrogen-bond acceptors (Lipinski definition) is 4. The number of benzene rings is 10. The number of oxazole rings is 1. The summed E-state index contributed by atoms with van der Waals surface area (Å²) >= 11 is 0. The lowest BCUT2D eigenvalue weighted by molar-refractivity contribution is 0.620. The summed E-state index contributed by atoms with van der Waals surface area (Å²) in [6.45, 7) is 0. The van der Waals surface area contributed by atoms with Crippen LogP contribution >= 0.6 is 0 Å². The number of fused-ring (bicyclic) bond motifs is 9. The van der Waals surface area contributed by atoms with Crippen LogP contribution in [0.5, 0.6) is 0 Å². The number of aromatic nitrogens is 1. The fraction of sp³-hybridized carbons (Fsp3) is 0.0167. The van der Waals surface area contributed by atoms with Gasteiger partial charge >= 0.3 is 0 Å². The lowest BCUT2D eigenvalue weighted by Crippen LogP contribution is -2.28. The second-order valence-electron chi connectivity index (χ2n) is 16.6. The molecule has 0 radical (unpaired) electrons. The van der Waals surface area contributed by atoms with E-state index < -0.39 is 5.41 Å². The molecular weight excluding hydrogens is 781 g/mol. The third kappa shape index (κ3) is 5.39. The maximum Gasteiger partial charge on any atom is 0.228 e. The number of para-hydroxylation sites is 3. The highest BCUT2D eigenvalue weighted by Gasteiger charge is 2.46. The van der Waals surface area contributed by atoms with Crippen LogP contribution in [0.1, 0.15) is 22.3 Å². The van der Waals surface area contributed by atoms with Gasteiger partial charge in [0.2, 0.25) is 5.89 Å². The van der Waals surface area contributed by atoms with Crippen molar-refractivity contribution < 1.29 is 8.83 Å². The molecule has 13 rings (SSSR count). The molecule has 12 aromatic rings. The van der Waals surface area contributed by atoms with Crippen molar-refractivity contribution in [2.24, 2.45) is 0 Å². The van der Waals surface area contributed by atoms with Crippen molar-refractivity contribution in [2.75, 3.05) is 4.90 Å². The maximum atomic E-state index is 7.15. The Balaban J connectivity index is 1.06. The fourth-order valence-corrected chi connectivity index (χ4v) is 10.4. The fourth-order valence-electron chi connectivity index (χ4n) is 10.4. The summed E-state index contributed by atoms with van der Waals surface area (Å²) in [7, 11) is 0. The van der Waals surface area contributed by atoms with Crippen molar-refractivity contribution >= 4 is 60.9 Å². The first-order valence-electron chi connectivity index (χ1n) is 21.8. The Hall–Kier alpha value is -8.47. The van der Waals surface area contributed by atoms with E-state index in [1.54, 1.807) is 0 Å². The standard InChI is InChI=1S/C60H38N2O2/c1-3-17-39(18-4-1)40-33-35-43(36-34-40)62(44-22-15-21-42(37-44)60(41-19-5-2-6-20-41)51-28-11-9-24-46(51)47-25-10-12-29-52(47)60)54-31-16-27-49-57-48-26-8-7-23-45(48)50(38-56(57)63-58(49)54)59-61-53-30-13-14-32-55(53)64-59/h1-38H. The molecule has 1 aliphatic carbocycles. The quantitative estimate of drug-likeness (QED) is 0.161. The Morgan fingerprint density at radius 3 is 1.77 bits per heavy atom. The third-order valence-corrected chi connectivity index (χ3v) is 13.2. The smallest absolute Gasteiger partial charge is 0.228 e. The van der Waals surface area contributed by atoms with Gasteiger partial charge in [-0.1, -0.05) is 182 Å². The maximum absolute atomic E-state index is 7.15. The molecule has 64 heavy (non-hydrogen) atoms. The van der Waals surface area contributed by atoms with Crippen LogP contribution in [0.4, 0.5) is 17.1 Å². The zero-order valence-electron chi connectivity index (χ0n) is 34.7. The van der Waals surface area contributed by atoms with Gasteiger partial charge < -0.3 is 13.7 Å². The van der Waals surface area contributed by atoms with Gasteiger partial charge in [-0.2, -0.15) is 0 Å². The van der Waals surface area contributed by atoms with E-state index in [0.717, 1.165) is 72.0 Å². The van der Waals surface area contributed by atoms with Crippen LogP contribution < -0.4 is 4.90 Å². The second kappa shape index (κ2) is 14.3. The Kier molecular flexibility index (Phi) is 8.09. The molecule has 4 heteroatoms. The normalized spacial score (nSPS) is 12.8. The molecule has 2 aromatic heterocycles. The average Bonchev–Trinajstić information content (AvgIpc) is 4.06. The molecule has 0 atom stereocenters. The van der Waals surface area contributed by atoms with E-state index in [2.05, 4.69) is 211 Å². The molecule has 4 nitrogen and oxygen atoms in total. The van der Waals surface area contributed by atoms with Crippen molar-refractivity contribution in [2.45, 2.75) is 5.41 Å². The number of hydrogen-bond donors (Lipinski definition) is 0. The van der Waals surface area contributed by atoms with Gasteiger partial charge in [0.1, 0.15) is 11.1 Å².